The van der Waals surface area contributed by atoms with E-state index < -0.39 is 0 Å². The third-order valence-electron chi connectivity index (χ3n) is 8.20. The van der Waals surface area contributed by atoms with Gasteiger partial charge in [0.05, 0.1) is 29.7 Å². The van der Waals surface area contributed by atoms with E-state index >= 15 is 0 Å². The Kier molecular flexibility index (Phi) is 10.1. The van der Waals surface area contributed by atoms with Gasteiger partial charge in [0.15, 0.2) is 0 Å². The molecule has 4 aromatic rings. The number of ether oxygens (including phenoxy) is 1. The Morgan fingerprint density at radius 1 is 1.00 bits per heavy atom. The first-order valence-corrected chi connectivity index (χ1v) is 15.5. The molecular formula is C35H43N7O3. The summed E-state index contributed by atoms with van der Waals surface area (Å²) in [7, 11) is 5.51. The van der Waals surface area contributed by atoms with Crippen LogP contribution in [0, 0.1) is 0 Å². The summed E-state index contributed by atoms with van der Waals surface area (Å²) in [6, 6.07) is 18.0. The molecule has 1 aliphatic rings. The van der Waals surface area contributed by atoms with E-state index in [1.54, 1.807) is 31.5 Å². The van der Waals surface area contributed by atoms with Crippen LogP contribution in [0.1, 0.15) is 58.9 Å². The molecule has 0 radical (unpaired) electrons. The fourth-order valence-electron chi connectivity index (χ4n) is 5.67. The van der Waals surface area contributed by atoms with Gasteiger partial charge in [0.2, 0.25) is 0 Å². The highest BCUT2D eigenvalue weighted by Crippen LogP contribution is 2.32. The lowest BCUT2D eigenvalue weighted by atomic mass is 9.88. The fraction of sp³-hybridized carbons (Fsp3) is 0.371. The number of nitrogens with one attached hydrogen (secondary N) is 2. The molecule has 2 N–H and O–H groups in total. The number of carbonyl (C=O) groups excluding carboxylic acids is 2. The Morgan fingerprint density at radius 2 is 1.73 bits per heavy atom. The number of aryl methyl sites for hydroxylation is 1. The number of likely N-dealkylation sites (N-methyl/N-ethyl adjacent to an activating group) is 1. The van der Waals surface area contributed by atoms with E-state index in [1.807, 2.05) is 67.0 Å². The number of methoxy groups -OCH3 is 1. The summed E-state index contributed by atoms with van der Waals surface area (Å²) in [5.41, 5.74) is 5.89. The molecule has 2 aromatic heterocycles. The molecule has 2 amide bonds. The molecule has 0 saturated carbocycles. The molecule has 1 aliphatic heterocycles. The minimum Gasteiger partial charge on any atom is -0.383 e. The van der Waals surface area contributed by atoms with Crippen LogP contribution in [-0.4, -0.2) is 77.9 Å². The molecule has 0 bridgehead atoms. The van der Waals surface area contributed by atoms with Crippen molar-refractivity contribution in [2.75, 3.05) is 55.9 Å². The summed E-state index contributed by atoms with van der Waals surface area (Å²) >= 11 is 0. The molecule has 2 aromatic carbocycles. The maximum absolute atomic E-state index is 13.7. The number of piperidine rings is 1. The number of hydrogen-bond donors (Lipinski definition) is 2. The average molecular weight is 610 g/mol. The first kappa shape index (κ1) is 31.7. The largest absolute Gasteiger partial charge is 0.383 e. The summed E-state index contributed by atoms with van der Waals surface area (Å²) in [5.74, 6) is 0.784. The van der Waals surface area contributed by atoms with Crippen LogP contribution in [0.3, 0.4) is 0 Å². The van der Waals surface area contributed by atoms with Crippen molar-refractivity contribution in [1.29, 1.82) is 0 Å². The van der Waals surface area contributed by atoms with Crippen molar-refractivity contribution >= 4 is 29.0 Å². The molecule has 10 nitrogen and oxygen atoms in total. The highest BCUT2D eigenvalue weighted by molar-refractivity contribution is 6.07. The summed E-state index contributed by atoms with van der Waals surface area (Å²) in [6.07, 6.45) is 7.24. The van der Waals surface area contributed by atoms with Crippen molar-refractivity contribution in [2.45, 2.75) is 38.6 Å². The summed E-state index contributed by atoms with van der Waals surface area (Å²) in [5, 5.41) is 10.5. The van der Waals surface area contributed by atoms with Gasteiger partial charge in [-0.1, -0.05) is 24.3 Å². The Hall–Kier alpha value is -4.70. The van der Waals surface area contributed by atoms with Gasteiger partial charge < -0.3 is 25.2 Å². The van der Waals surface area contributed by atoms with Crippen molar-refractivity contribution in [3.8, 4) is 11.1 Å². The summed E-state index contributed by atoms with van der Waals surface area (Å²) in [4.78, 5) is 35.3. The molecule has 1 fully saturated rings. The number of anilines is 3. The molecule has 1 saturated heterocycles. The number of carbonyl (C=O) groups is 2. The molecular weight excluding hydrogens is 566 g/mol. The predicted molar refractivity (Wildman–Crippen MR) is 179 cm³/mol. The van der Waals surface area contributed by atoms with Crippen LogP contribution in [0.5, 0.6) is 0 Å². The minimum atomic E-state index is -0.292. The van der Waals surface area contributed by atoms with E-state index in [0.717, 1.165) is 29.7 Å². The van der Waals surface area contributed by atoms with Gasteiger partial charge in [-0.3, -0.25) is 14.3 Å². The number of hydrogen-bond acceptors (Lipinski definition) is 7. The molecule has 45 heavy (non-hydrogen) atoms. The lowest BCUT2D eigenvalue weighted by Gasteiger charge is -2.32. The van der Waals surface area contributed by atoms with Gasteiger partial charge >= 0.3 is 0 Å². The van der Waals surface area contributed by atoms with Crippen LogP contribution >= 0.6 is 0 Å². The highest BCUT2D eigenvalue weighted by Gasteiger charge is 2.26. The molecule has 0 spiro atoms. The molecule has 10 heteroatoms. The van der Waals surface area contributed by atoms with E-state index in [0.29, 0.717) is 54.8 Å². The Bertz CT molecular complexity index is 1590. The molecule has 0 aliphatic carbocycles. The quantitative estimate of drug-likeness (QED) is 0.226. The van der Waals surface area contributed by atoms with E-state index in [1.165, 1.54) is 5.56 Å². The minimum absolute atomic E-state index is 0.0345. The molecule has 5 rings (SSSR count). The molecule has 0 unspecified atom stereocenters. The molecule has 0 atom stereocenters. The van der Waals surface area contributed by atoms with Gasteiger partial charge in [0, 0.05) is 70.4 Å². The standard InChI is InChI=1S/C35H43N7O3/c1-24(2)38-33-13-11-29(21-36-33)34(43)39-31-20-28(10-12-32(31)40(3)18-19-45-5)35(44)42-16-14-27(15-17-42)25-6-8-26(9-7-25)30-22-37-41(4)23-30/h6-13,20-24,27H,14-19H2,1-5H3,(H,36,38)(H,39,43). The number of amides is 2. The van der Waals surface area contributed by atoms with Crippen LogP contribution in [0.25, 0.3) is 11.1 Å². The van der Waals surface area contributed by atoms with Crippen molar-refractivity contribution in [2.24, 2.45) is 7.05 Å². The van der Waals surface area contributed by atoms with Gasteiger partial charge in [-0.25, -0.2) is 4.98 Å². The number of pyridine rings is 1. The number of nitrogens with zero attached hydrogens (tertiary/aromatic N) is 5. The summed E-state index contributed by atoms with van der Waals surface area (Å²) in [6.45, 7) is 6.56. The van der Waals surface area contributed by atoms with Gasteiger partial charge in [0.1, 0.15) is 5.82 Å². The van der Waals surface area contributed by atoms with E-state index in [2.05, 4.69) is 45.0 Å². The smallest absolute Gasteiger partial charge is 0.257 e. The lowest BCUT2D eigenvalue weighted by Crippen LogP contribution is -2.38. The lowest BCUT2D eigenvalue weighted by molar-refractivity contribution is 0.0712. The van der Waals surface area contributed by atoms with E-state index in [4.69, 9.17) is 4.74 Å². The van der Waals surface area contributed by atoms with Crippen LogP contribution in [-0.2, 0) is 11.8 Å². The second kappa shape index (κ2) is 14.4. The third kappa shape index (κ3) is 7.88. The fourth-order valence-corrected chi connectivity index (χ4v) is 5.67. The van der Waals surface area contributed by atoms with E-state index in [9.17, 15) is 9.59 Å². The van der Waals surface area contributed by atoms with Gasteiger partial charge in [-0.2, -0.15) is 5.10 Å². The third-order valence-corrected chi connectivity index (χ3v) is 8.20. The van der Waals surface area contributed by atoms with Gasteiger partial charge in [0.25, 0.3) is 11.8 Å². The Balaban J connectivity index is 1.27. The van der Waals surface area contributed by atoms with Gasteiger partial charge in [-0.15, -0.1) is 0 Å². The zero-order valence-electron chi connectivity index (χ0n) is 26.8. The molecule has 3 heterocycles. The summed E-state index contributed by atoms with van der Waals surface area (Å²) < 4.78 is 7.07. The van der Waals surface area contributed by atoms with Crippen molar-refractivity contribution < 1.29 is 14.3 Å². The van der Waals surface area contributed by atoms with Crippen LogP contribution < -0.4 is 15.5 Å². The Morgan fingerprint density at radius 3 is 2.36 bits per heavy atom. The van der Waals surface area contributed by atoms with Crippen molar-refractivity contribution in [3.05, 3.63) is 89.9 Å². The molecule has 236 valence electrons. The number of rotatable bonds is 11. The van der Waals surface area contributed by atoms with Crippen molar-refractivity contribution in [3.63, 3.8) is 0 Å². The zero-order valence-corrected chi connectivity index (χ0v) is 26.8. The average Bonchev–Trinajstić information content (AvgIpc) is 3.49. The van der Waals surface area contributed by atoms with Crippen LogP contribution in [0.15, 0.2) is 73.2 Å². The Labute approximate surface area is 265 Å². The second-order valence-corrected chi connectivity index (χ2v) is 11.9. The zero-order chi connectivity index (χ0) is 31.9. The van der Waals surface area contributed by atoms with Gasteiger partial charge in [-0.05, 0) is 74.1 Å². The predicted octanol–water partition coefficient (Wildman–Crippen LogP) is 5.66. The SMILES string of the molecule is COCCN(C)c1ccc(C(=O)N2CCC(c3ccc(-c4cnn(C)c4)cc3)CC2)cc1NC(=O)c1ccc(NC(C)C)nc1. The number of benzene rings is 2. The number of likely N-dealkylation sites (tertiary alicyclic amines) is 1. The monoisotopic (exact) mass is 609 g/mol. The highest BCUT2D eigenvalue weighted by atomic mass is 16.5. The van der Waals surface area contributed by atoms with Crippen LogP contribution in [0.4, 0.5) is 17.2 Å². The normalized spacial score (nSPS) is 13.6. The maximum Gasteiger partial charge on any atom is 0.257 e. The first-order valence-electron chi connectivity index (χ1n) is 15.5. The first-order chi connectivity index (χ1) is 21.7. The van der Waals surface area contributed by atoms with Crippen LogP contribution in [0.2, 0.25) is 0 Å². The second-order valence-electron chi connectivity index (χ2n) is 11.9. The van der Waals surface area contributed by atoms with E-state index in [-0.39, 0.29) is 17.9 Å². The van der Waals surface area contributed by atoms with Crippen molar-refractivity contribution in [1.82, 2.24) is 19.7 Å². The topological polar surface area (TPSA) is 105 Å². The number of aromatic nitrogens is 3. The maximum atomic E-state index is 13.7.